The van der Waals surface area contributed by atoms with Gasteiger partial charge in [0, 0.05) is 23.6 Å². The zero-order chi connectivity index (χ0) is 18.8. The predicted molar refractivity (Wildman–Crippen MR) is 106 cm³/mol. The molecule has 4 heteroatoms. The van der Waals surface area contributed by atoms with Crippen LogP contribution in [-0.4, -0.2) is 15.6 Å². The second-order valence-electron chi connectivity index (χ2n) is 6.41. The summed E-state index contributed by atoms with van der Waals surface area (Å²) in [5.41, 5.74) is 4.13. The van der Waals surface area contributed by atoms with Crippen molar-refractivity contribution in [3.05, 3.63) is 90.1 Å². The summed E-state index contributed by atoms with van der Waals surface area (Å²) in [5.74, 6) is -0.166. The highest BCUT2D eigenvalue weighted by atomic mass is 16.5. The van der Waals surface area contributed by atoms with Crippen LogP contribution in [-0.2, 0) is 13.7 Å². The molecule has 0 unspecified atom stereocenters. The molecule has 0 spiro atoms. The summed E-state index contributed by atoms with van der Waals surface area (Å²) in [6.07, 6.45) is 0. The van der Waals surface area contributed by atoms with Crippen molar-refractivity contribution in [3.63, 3.8) is 0 Å². The Hall–Kier alpha value is -3.53. The zero-order valence-electron chi connectivity index (χ0n) is 14.9. The Morgan fingerprint density at radius 1 is 0.926 bits per heavy atom. The van der Waals surface area contributed by atoms with E-state index in [2.05, 4.69) is 0 Å². The summed E-state index contributed by atoms with van der Waals surface area (Å²) in [6.45, 7) is 0.474. The monoisotopic (exact) mass is 357 g/mol. The van der Waals surface area contributed by atoms with Crippen molar-refractivity contribution in [2.45, 2.75) is 6.61 Å². The first-order valence-corrected chi connectivity index (χ1v) is 8.73. The van der Waals surface area contributed by atoms with Gasteiger partial charge in [-0.1, -0.05) is 66.7 Å². The lowest BCUT2D eigenvalue weighted by Gasteiger charge is -2.14. The number of aromatic carboxylic acids is 1. The number of fused-ring (bicyclic) bond motifs is 1. The lowest BCUT2D eigenvalue weighted by molar-refractivity contribution is 0.0687. The van der Waals surface area contributed by atoms with E-state index < -0.39 is 5.97 Å². The van der Waals surface area contributed by atoms with E-state index in [-0.39, 0.29) is 5.69 Å². The van der Waals surface area contributed by atoms with Gasteiger partial charge < -0.3 is 14.4 Å². The highest BCUT2D eigenvalue weighted by Gasteiger charge is 2.17. The number of carboxylic acid groups (broad SMARTS) is 1. The highest BCUT2D eigenvalue weighted by Crippen LogP contribution is 2.36. The summed E-state index contributed by atoms with van der Waals surface area (Å²) in [4.78, 5) is 11.5. The van der Waals surface area contributed by atoms with E-state index in [4.69, 9.17) is 4.74 Å². The van der Waals surface area contributed by atoms with Crippen LogP contribution in [0.3, 0.4) is 0 Å². The van der Waals surface area contributed by atoms with E-state index in [1.165, 1.54) is 0 Å². The third-order valence-corrected chi connectivity index (χ3v) is 4.69. The first kappa shape index (κ1) is 16.9. The molecule has 27 heavy (non-hydrogen) atoms. The molecule has 0 radical (unpaired) electrons. The fraction of sp³-hybridized carbons (Fsp3) is 0.0870. The number of benzene rings is 3. The number of nitrogens with zero attached hydrogens (tertiary/aromatic N) is 1. The Bertz CT molecular complexity index is 1110. The van der Waals surface area contributed by atoms with Gasteiger partial charge in [0.15, 0.2) is 0 Å². The number of aromatic nitrogens is 1. The Morgan fingerprint density at radius 3 is 2.41 bits per heavy atom. The molecule has 0 bridgehead atoms. The Balaban J connectivity index is 1.79. The Morgan fingerprint density at radius 2 is 1.63 bits per heavy atom. The van der Waals surface area contributed by atoms with Crippen LogP contribution >= 0.6 is 0 Å². The van der Waals surface area contributed by atoms with Crippen LogP contribution in [0.25, 0.3) is 22.0 Å². The molecule has 0 aliphatic carbocycles. The molecule has 0 aliphatic rings. The SMILES string of the molecule is Cn1c(C(=O)O)cc2cccc(-c3ccccc3OCc3ccccc3)c21. The van der Waals surface area contributed by atoms with E-state index in [1.807, 2.05) is 72.8 Å². The summed E-state index contributed by atoms with van der Waals surface area (Å²) in [6, 6.07) is 25.4. The summed E-state index contributed by atoms with van der Waals surface area (Å²) in [7, 11) is 1.78. The molecule has 134 valence electrons. The van der Waals surface area contributed by atoms with E-state index in [0.717, 1.165) is 33.3 Å². The molecule has 1 N–H and O–H groups in total. The molecule has 0 atom stereocenters. The number of carbonyl (C=O) groups is 1. The van der Waals surface area contributed by atoms with E-state index in [0.29, 0.717) is 6.61 Å². The van der Waals surface area contributed by atoms with Gasteiger partial charge in [-0.05, 0) is 17.7 Å². The maximum Gasteiger partial charge on any atom is 0.352 e. The van der Waals surface area contributed by atoms with Crippen LogP contribution in [0.15, 0.2) is 78.9 Å². The average molecular weight is 357 g/mol. The molecule has 0 saturated carbocycles. The van der Waals surface area contributed by atoms with Crippen molar-refractivity contribution in [1.82, 2.24) is 4.57 Å². The van der Waals surface area contributed by atoms with E-state index in [1.54, 1.807) is 17.7 Å². The number of hydrogen-bond donors (Lipinski definition) is 1. The molecule has 1 aromatic heterocycles. The number of rotatable bonds is 5. The molecule has 4 aromatic rings. The van der Waals surface area contributed by atoms with Gasteiger partial charge >= 0.3 is 5.97 Å². The van der Waals surface area contributed by atoms with Crippen LogP contribution in [0, 0.1) is 0 Å². The average Bonchev–Trinajstić information content (AvgIpc) is 3.05. The summed E-state index contributed by atoms with van der Waals surface area (Å²) in [5, 5.41) is 10.3. The number of aryl methyl sites for hydroxylation is 1. The first-order valence-electron chi connectivity index (χ1n) is 8.73. The third-order valence-electron chi connectivity index (χ3n) is 4.69. The molecule has 0 saturated heterocycles. The quantitative estimate of drug-likeness (QED) is 0.539. The maximum atomic E-state index is 11.5. The van der Waals surface area contributed by atoms with Crippen molar-refractivity contribution in [2.75, 3.05) is 0 Å². The van der Waals surface area contributed by atoms with Crippen molar-refractivity contribution in [3.8, 4) is 16.9 Å². The van der Waals surface area contributed by atoms with E-state index >= 15 is 0 Å². The third kappa shape index (κ3) is 3.17. The van der Waals surface area contributed by atoms with Gasteiger partial charge in [0.05, 0.1) is 5.52 Å². The molecule has 0 aliphatic heterocycles. The second kappa shape index (κ2) is 7.00. The fourth-order valence-electron chi connectivity index (χ4n) is 3.39. The number of carboxylic acids is 1. The van der Waals surface area contributed by atoms with E-state index in [9.17, 15) is 9.90 Å². The van der Waals surface area contributed by atoms with Crippen molar-refractivity contribution >= 4 is 16.9 Å². The minimum absolute atomic E-state index is 0.264. The Labute approximate surface area is 157 Å². The van der Waals surface area contributed by atoms with Crippen molar-refractivity contribution in [1.29, 1.82) is 0 Å². The lowest BCUT2D eigenvalue weighted by atomic mass is 10.0. The molecule has 0 fully saturated rings. The molecule has 1 heterocycles. The van der Waals surface area contributed by atoms with Gasteiger partial charge in [-0.15, -0.1) is 0 Å². The van der Waals surface area contributed by atoms with Gasteiger partial charge in [0.2, 0.25) is 0 Å². The fourth-order valence-corrected chi connectivity index (χ4v) is 3.39. The summed E-state index contributed by atoms with van der Waals surface area (Å²) >= 11 is 0. The van der Waals surface area contributed by atoms with Gasteiger partial charge in [-0.2, -0.15) is 0 Å². The minimum Gasteiger partial charge on any atom is -0.488 e. The Kier molecular flexibility index (Phi) is 4.38. The highest BCUT2D eigenvalue weighted by molar-refractivity contribution is 6.01. The number of para-hydroxylation sites is 2. The van der Waals surface area contributed by atoms with Crippen LogP contribution in [0.4, 0.5) is 0 Å². The van der Waals surface area contributed by atoms with Crippen molar-refractivity contribution < 1.29 is 14.6 Å². The van der Waals surface area contributed by atoms with Crippen LogP contribution < -0.4 is 4.74 Å². The second-order valence-corrected chi connectivity index (χ2v) is 6.41. The molecule has 0 amide bonds. The standard InChI is InChI=1S/C23H19NO3/c1-24-20(23(25)26)14-17-10-7-12-19(22(17)24)18-11-5-6-13-21(18)27-15-16-8-3-2-4-9-16/h2-14H,15H2,1H3,(H,25,26). The van der Waals surface area contributed by atoms with Gasteiger partial charge in [0.1, 0.15) is 18.1 Å². The number of hydrogen-bond acceptors (Lipinski definition) is 2. The predicted octanol–water partition coefficient (Wildman–Crippen LogP) is 5.12. The smallest absolute Gasteiger partial charge is 0.352 e. The first-order chi connectivity index (χ1) is 13.1. The molecular formula is C23H19NO3. The van der Waals surface area contributed by atoms with Crippen LogP contribution in [0.5, 0.6) is 5.75 Å². The topological polar surface area (TPSA) is 51.5 Å². The molecule has 3 aromatic carbocycles. The van der Waals surface area contributed by atoms with Gasteiger partial charge in [0.25, 0.3) is 0 Å². The van der Waals surface area contributed by atoms with Crippen LogP contribution in [0.1, 0.15) is 16.1 Å². The summed E-state index contributed by atoms with van der Waals surface area (Å²) < 4.78 is 7.82. The lowest BCUT2D eigenvalue weighted by Crippen LogP contribution is -2.04. The molecule has 4 rings (SSSR count). The van der Waals surface area contributed by atoms with Gasteiger partial charge in [-0.3, -0.25) is 0 Å². The largest absolute Gasteiger partial charge is 0.488 e. The number of ether oxygens (including phenoxy) is 1. The zero-order valence-corrected chi connectivity index (χ0v) is 14.9. The van der Waals surface area contributed by atoms with Crippen LogP contribution in [0.2, 0.25) is 0 Å². The van der Waals surface area contributed by atoms with Gasteiger partial charge in [-0.25, -0.2) is 4.79 Å². The van der Waals surface area contributed by atoms with Crippen molar-refractivity contribution in [2.24, 2.45) is 7.05 Å². The minimum atomic E-state index is -0.937. The maximum absolute atomic E-state index is 11.5. The molecule has 4 nitrogen and oxygen atoms in total. The molecular weight excluding hydrogens is 338 g/mol. The normalized spacial score (nSPS) is 10.9.